The fraction of sp³-hybridized carbons (Fsp3) is 0.450. The summed E-state index contributed by atoms with van der Waals surface area (Å²) in [5.74, 6) is 0.355. The predicted molar refractivity (Wildman–Crippen MR) is 110 cm³/mol. The van der Waals surface area contributed by atoms with Crippen molar-refractivity contribution in [1.29, 1.82) is 0 Å². The molecule has 0 radical (unpaired) electrons. The van der Waals surface area contributed by atoms with Gasteiger partial charge in [-0.3, -0.25) is 4.90 Å². The van der Waals surface area contributed by atoms with E-state index in [0.717, 1.165) is 42.4 Å². The number of carbonyl (C=O) groups excluding carboxylic acids is 1. The Morgan fingerprint density at radius 2 is 2.14 bits per heavy atom. The molecule has 1 aromatic heterocycles. The monoisotopic (exact) mass is 404 g/mol. The number of aldehydes is 1. The minimum absolute atomic E-state index is 0.0275. The quantitative estimate of drug-likeness (QED) is 0.545. The van der Waals surface area contributed by atoms with Crippen molar-refractivity contribution < 1.29 is 14.7 Å². The average molecular weight is 405 g/mol. The molecule has 1 saturated heterocycles. The molecule has 0 aliphatic carbocycles. The van der Waals surface area contributed by atoms with E-state index >= 15 is 0 Å². The Balaban J connectivity index is 1.64. The Morgan fingerprint density at radius 3 is 2.79 bits per heavy atom. The maximum absolute atomic E-state index is 11.3. The van der Waals surface area contributed by atoms with Crippen LogP contribution in [0.15, 0.2) is 30.5 Å². The first-order valence-electron chi connectivity index (χ1n) is 9.41. The first kappa shape index (κ1) is 20.4. The number of rotatable bonds is 7. The van der Waals surface area contributed by atoms with E-state index in [2.05, 4.69) is 33.4 Å². The summed E-state index contributed by atoms with van der Waals surface area (Å²) in [4.78, 5) is 29.7. The first-order chi connectivity index (χ1) is 13.5. The second-order valence-corrected chi connectivity index (χ2v) is 7.50. The highest BCUT2D eigenvalue weighted by Crippen LogP contribution is 2.28. The van der Waals surface area contributed by atoms with Crippen LogP contribution in [0.1, 0.15) is 12.8 Å². The van der Waals surface area contributed by atoms with E-state index in [-0.39, 0.29) is 12.6 Å². The number of hydrogen-bond acceptors (Lipinski definition) is 5. The maximum Gasteiger partial charge on any atom is 0.407 e. The van der Waals surface area contributed by atoms with Crippen molar-refractivity contribution >= 4 is 40.4 Å². The van der Waals surface area contributed by atoms with Gasteiger partial charge in [0.05, 0.1) is 6.54 Å². The zero-order valence-corrected chi connectivity index (χ0v) is 16.6. The van der Waals surface area contributed by atoms with Crippen molar-refractivity contribution in [2.45, 2.75) is 18.9 Å². The number of piperidine rings is 1. The summed E-state index contributed by atoms with van der Waals surface area (Å²) in [5, 5.41) is 15.1. The molecule has 1 aromatic carbocycles. The zero-order valence-electron chi connectivity index (χ0n) is 15.8. The Bertz CT molecular complexity index is 839. The lowest BCUT2D eigenvalue weighted by Crippen LogP contribution is -2.49. The second-order valence-electron chi connectivity index (χ2n) is 7.11. The topological polar surface area (TPSA) is 85.8 Å². The van der Waals surface area contributed by atoms with Crippen LogP contribution in [-0.2, 0) is 4.79 Å². The minimum Gasteiger partial charge on any atom is -0.465 e. The van der Waals surface area contributed by atoms with Crippen LogP contribution in [-0.4, -0.2) is 66.6 Å². The van der Waals surface area contributed by atoms with Crippen LogP contribution in [0, 0.1) is 5.92 Å². The molecule has 1 aliphatic heterocycles. The van der Waals surface area contributed by atoms with Crippen molar-refractivity contribution in [3.05, 3.63) is 35.6 Å². The number of benzene rings is 1. The lowest BCUT2D eigenvalue weighted by molar-refractivity contribution is -0.108. The summed E-state index contributed by atoms with van der Waals surface area (Å²) in [6, 6.07) is 8.19. The number of amides is 1. The highest BCUT2D eigenvalue weighted by molar-refractivity contribution is 6.30. The molecule has 1 unspecified atom stereocenters. The molecule has 0 spiro atoms. The molecule has 1 amide bonds. The number of nitrogens with zero attached hydrogens (tertiary/aromatic N) is 3. The van der Waals surface area contributed by atoms with Crippen LogP contribution in [0.3, 0.4) is 0 Å². The van der Waals surface area contributed by atoms with Crippen molar-refractivity contribution in [2.24, 2.45) is 5.92 Å². The Hall–Kier alpha value is -2.38. The molecule has 150 valence electrons. The van der Waals surface area contributed by atoms with E-state index in [1.165, 1.54) is 4.90 Å². The van der Waals surface area contributed by atoms with Gasteiger partial charge >= 0.3 is 6.09 Å². The van der Waals surface area contributed by atoms with Gasteiger partial charge in [0.25, 0.3) is 0 Å². The van der Waals surface area contributed by atoms with Gasteiger partial charge in [0.15, 0.2) is 0 Å². The molecular formula is C20H25ClN4O3. The molecule has 1 atom stereocenters. The van der Waals surface area contributed by atoms with E-state index < -0.39 is 6.09 Å². The molecule has 1 fully saturated rings. The first-order valence-corrected chi connectivity index (χ1v) is 9.78. The third-order valence-electron chi connectivity index (χ3n) is 5.50. The number of pyridine rings is 1. The third-order valence-corrected chi connectivity index (χ3v) is 5.71. The van der Waals surface area contributed by atoms with Gasteiger partial charge in [-0.05, 0) is 49.4 Å². The molecule has 0 bridgehead atoms. The summed E-state index contributed by atoms with van der Waals surface area (Å²) in [6.45, 7) is 2.01. The number of hydrogen-bond donors (Lipinski definition) is 2. The van der Waals surface area contributed by atoms with Gasteiger partial charge in [0, 0.05) is 42.9 Å². The van der Waals surface area contributed by atoms with Gasteiger partial charge in [-0.1, -0.05) is 17.7 Å². The summed E-state index contributed by atoms with van der Waals surface area (Å²) in [7, 11) is 1.85. The number of nitrogens with one attached hydrogen (secondary N) is 1. The van der Waals surface area contributed by atoms with E-state index in [1.54, 1.807) is 6.20 Å². The molecule has 1 aliphatic rings. The molecule has 2 aromatic rings. The summed E-state index contributed by atoms with van der Waals surface area (Å²) >= 11 is 6.01. The number of fused-ring (bicyclic) bond motifs is 1. The standard InChI is InChI=1S/C20H25ClN4O3/c1-22-18(13-25(8-9-26)20(27)28)14-4-6-24(7-5-14)17-3-2-15-12-23-19(21)11-16(15)10-17/h2-3,9-12,14,18,22H,4-8,13H2,1H3,(H,27,28). The minimum atomic E-state index is -1.06. The third kappa shape index (κ3) is 4.72. The molecule has 3 rings (SSSR count). The fourth-order valence-corrected chi connectivity index (χ4v) is 4.06. The highest BCUT2D eigenvalue weighted by atomic mass is 35.5. The van der Waals surface area contributed by atoms with Crippen LogP contribution in [0.25, 0.3) is 10.8 Å². The van der Waals surface area contributed by atoms with E-state index in [0.29, 0.717) is 23.9 Å². The van der Waals surface area contributed by atoms with E-state index in [4.69, 9.17) is 11.6 Å². The normalized spacial score (nSPS) is 16.1. The molecule has 2 N–H and O–H groups in total. The molecule has 0 saturated carbocycles. The lowest BCUT2D eigenvalue weighted by atomic mass is 9.88. The number of aromatic nitrogens is 1. The van der Waals surface area contributed by atoms with E-state index in [9.17, 15) is 14.7 Å². The van der Waals surface area contributed by atoms with Crippen molar-refractivity contribution in [2.75, 3.05) is 38.1 Å². The summed E-state index contributed by atoms with van der Waals surface area (Å²) in [6.07, 6.45) is 3.25. The maximum atomic E-state index is 11.3. The predicted octanol–water partition coefficient (Wildman–Crippen LogP) is 2.87. The van der Waals surface area contributed by atoms with E-state index in [1.807, 2.05) is 13.1 Å². The fourth-order valence-electron chi connectivity index (χ4n) is 3.89. The lowest BCUT2D eigenvalue weighted by Gasteiger charge is -2.38. The average Bonchev–Trinajstić information content (AvgIpc) is 2.70. The van der Waals surface area contributed by atoms with Gasteiger partial charge in [-0.2, -0.15) is 0 Å². The highest BCUT2D eigenvalue weighted by Gasteiger charge is 2.28. The van der Waals surface area contributed by atoms with Gasteiger partial charge < -0.3 is 20.1 Å². The molecular weight excluding hydrogens is 380 g/mol. The number of carboxylic acid groups (broad SMARTS) is 1. The summed E-state index contributed by atoms with van der Waals surface area (Å²) < 4.78 is 0. The summed E-state index contributed by atoms with van der Waals surface area (Å²) in [5.41, 5.74) is 1.15. The second kappa shape index (κ2) is 9.21. The molecule has 28 heavy (non-hydrogen) atoms. The number of carbonyl (C=O) groups is 2. The van der Waals surface area contributed by atoms with Gasteiger partial charge in [0.2, 0.25) is 0 Å². The van der Waals surface area contributed by atoms with Crippen molar-refractivity contribution in [1.82, 2.24) is 15.2 Å². The molecule has 8 heteroatoms. The van der Waals surface area contributed by atoms with Crippen LogP contribution < -0.4 is 10.2 Å². The smallest absolute Gasteiger partial charge is 0.407 e. The number of anilines is 1. The molecule has 2 heterocycles. The van der Waals surface area contributed by atoms with Crippen molar-refractivity contribution in [3.8, 4) is 0 Å². The van der Waals surface area contributed by atoms with Gasteiger partial charge in [0.1, 0.15) is 11.4 Å². The number of halogens is 1. The largest absolute Gasteiger partial charge is 0.465 e. The van der Waals surface area contributed by atoms with Crippen LogP contribution in [0.2, 0.25) is 5.15 Å². The van der Waals surface area contributed by atoms with Gasteiger partial charge in [-0.15, -0.1) is 0 Å². The van der Waals surface area contributed by atoms with Crippen LogP contribution in [0.5, 0.6) is 0 Å². The zero-order chi connectivity index (χ0) is 20.1. The van der Waals surface area contributed by atoms with Gasteiger partial charge in [-0.25, -0.2) is 9.78 Å². The van der Waals surface area contributed by atoms with Crippen molar-refractivity contribution in [3.63, 3.8) is 0 Å². The van der Waals surface area contributed by atoms with Crippen LogP contribution in [0.4, 0.5) is 10.5 Å². The Morgan fingerprint density at radius 1 is 1.39 bits per heavy atom. The SMILES string of the molecule is CNC(CN(CC=O)C(=O)O)C1CCN(c2ccc3cnc(Cl)cc3c2)CC1. The Kier molecular flexibility index (Phi) is 6.70. The number of likely N-dealkylation sites (N-methyl/N-ethyl adjacent to an activating group) is 1. The van der Waals surface area contributed by atoms with Crippen LogP contribution >= 0.6 is 11.6 Å². The molecule has 7 nitrogen and oxygen atoms in total. The Labute approximate surface area is 169 Å².